The first-order chi connectivity index (χ1) is 13.5. The van der Waals surface area contributed by atoms with Crippen molar-refractivity contribution in [1.29, 1.82) is 0 Å². The first kappa shape index (κ1) is 18.2. The molecule has 1 aromatic heterocycles. The average molecular weight is 393 g/mol. The molecule has 8 heteroatoms. The molecule has 0 bridgehead atoms. The Balaban J connectivity index is 1.60. The molecule has 0 saturated carbocycles. The van der Waals surface area contributed by atoms with Gasteiger partial charge in [0, 0.05) is 5.69 Å². The Bertz CT molecular complexity index is 1030. The van der Waals surface area contributed by atoms with Gasteiger partial charge < -0.3 is 5.32 Å². The monoisotopic (exact) mass is 393 g/mol. The van der Waals surface area contributed by atoms with Gasteiger partial charge in [-0.15, -0.1) is 10.2 Å². The van der Waals surface area contributed by atoms with Crippen molar-refractivity contribution in [3.05, 3.63) is 60.4 Å². The highest BCUT2D eigenvalue weighted by molar-refractivity contribution is 8.00. The first-order valence-electron chi connectivity index (χ1n) is 8.89. The summed E-state index contributed by atoms with van der Waals surface area (Å²) < 4.78 is 1.92. The number of para-hydroxylation sites is 3. The van der Waals surface area contributed by atoms with Crippen LogP contribution < -0.4 is 10.2 Å². The minimum absolute atomic E-state index is 0.00511. The van der Waals surface area contributed by atoms with Crippen molar-refractivity contribution >= 4 is 35.0 Å². The second kappa shape index (κ2) is 7.47. The molecule has 2 aromatic carbocycles. The minimum atomic E-state index is -0.440. The van der Waals surface area contributed by atoms with E-state index in [0.717, 1.165) is 11.5 Å². The van der Waals surface area contributed by atoms with Gasteiger partial charge in [0.2, 0.25) is 11.8 Å². The molecular weight excluding hydrogens is 374 g/mol. The van der Waals surface area contributed by atoms with Gasteiger partial charge in [-0.05, 0) is 38.1 Å². The molecule has 1 atom stereocenters. The summed E-state index contributed by atoms with van der Waals surface area (Å²) in [6, 6.07) is 17.1. The molecule has 28 heavy (non-hydrogen) atoms. The van der Waals surface area contributed by atoms with Crippen LogP contribution in [0.2, 0.25) is 0 Å². The fourth-order valence-electron chi connectivity index (χ4n) is 3.15. The molecule has 0 aliphatic carbocycles. The molecule has 0 spiro atoms. The highest BCUT2D eigenvalue weighted by atomic mass is 32.2. The van der Waals surface area contributed by atoms with Crippen molar-refractivity contribution in [2.45, 2.75) is 24.3 Å². The van der Waals surface area contributed by atoms with Crippen LogP contribution in [0.1, 0.15) is 12.7 Å². The number of aryl methyl sites for hydroxylation is 1. The van der Waals surface area contributed by atoms with Gasteiger partial charge in [-0.2, -0.15) is 0 Å². The van der Waals surface area contributed by atoms with Crippen LogP contribution in [-0.2, 0) is 9.59 Å². The maximum Gasteiger partial charge on any atom is 0.244 e. The van der Waals surface area contributed by atoms with Crippen molar-refractivity contribution in [3.8, 4) is 5.69 Å². The molecule has 3 aromatic rings. The zero-order valence-electron chi connectivity index (χ0n) is 15.5. The van der Waals surface area contributed by atoms with E-state index in [4.69, 9.17) is 0 Å². The number of nitrogens with one attached hydrogen (secondary N) is 1. The molecule has 1 aliphatic heterocycles. The molecular formula is C20H19N5O2S. The largest absolute Gasteiger partial charge is 0.323 e. The number of fused-ring (bicyclic) bond motifs is 1. The summed E-state index contributed by atoms with van der Waals surface area (Å²) in [6.45, 7) is 3.70. The second-order valence-corrected chi connectivity index (χ2v) is 7.76. The van der Waals surface area contributed by atoms with Gasteiger partial charge in [-0.3, -0.25) is 19.1 Å². The number of aromatic nitrogens is 3. The van der Waals surface area contributed by atoms with Crippen molar-refractivity contribution < 1.29 is 9.59 Å². The van der Waals surface area contributed by atoms with Crippen LogP contribution in [0.5, 0.6) is 0 Å². The lowest BCUT2D eigenvalue weighted by molar-refractivity contribution is -0.121. The minimum Gasteiger partial charge on any atom is -0.323 e. The van der Waals surface area contributed by atoms with Gasteiger partial charge in [-0.1, -0.05) is 42.1 Å². The number of rotatable bonds is 4. The van der Waals surface area contributed by atoms with E-state index in [1.807, 2.05) is 66.9 Å². The summed E-state index contributed by atoms with van der Waals surface area (Å²) in [5, 5.41) is 11.4. The smallest absolute Gasteiger partial charge is 0.244 e. The van der Waals surface area contributed by atoms with Gasteiger partial charge in [0.05, 0.1) is 16.6 Å². The number of hydrogen-bond donors (Lipinski definition) is 1. The number of hydrogen-bond acceptors (Lipinski definition) is 5. The summed E-state index contributed by atoms with van der Waals surface area (Å²) in [7, 11) is 0. The Morgan fingerprint density at radius 1 is 1.11 bits per heavy atom. The number of thioether (sulfide) groups is 1. The molecule has 0 unspecified atom stereocenters. The summed E-state index contributed by atoms with van der Waals surface area (Å²) in [6.07, 6.45) is 0. The Labute approximate surface area is 166 Å². The lowest BCUT2D eigenvalue weighted by Crippen LogP contribution is -2.45. The van der Waals surface area contributed by atoms with Gasteiger partial charge in [0.1, 0.15) is 12.4 Å². The van der Waals surface area contributed by atoms with Gasteiger partial charge in [0.15, 0.2) is 5.16 Å². The molecule has 0 radical (unpaired) electrons. The van der Waals surface area contributed by atoms with E-state index < -0.39 is 5.25 Å². The Hall–Kier alpha value is -3.13. The third kappa shape index (κ3) is 3.38. The highest BCUT2D eigenvalue weighted by Crippen LogP contribution is 2.32. The number of anilines is 2. The molecule has 7 nitrogen and oxygen atoms in total. The number of benzene rings is 2. The molecule has 142 valence electrons. The van der Waals surface area contributed by atoms with Crippen LogP contribution in [-0.4, -0.2) is 38.4 Å². The molecule has 2 amide bonds. The van der Waals surface area contributed by atoms with Gasteiger partial charge >= 0.3 is 0 Å². The molecule has 0 fully saturated rings. The third-order valence-corrected chi connectivity index (χ3v) is 5.51. The highest BCUT2D eigenvalue weighted by Gasteiger charge is 2.31. The first-order valence-corrected chi connectivity index (χ1v) is 9.77. The van der Waals surface area contributed by atoms with Gasteiger partial charge in [0.25, 0.3) is 0 Å². The van der Waals surface area contributed by atoms with Crippen LogP contribution in [0.25, 0.3) is 5.69 Å². The lowest BCUT2D eigenvalue weighted by Gasteiger charge is -2.30. The van der Waals surface area contributed by atoms with E-state index in [0.29, 0.717) is 16.5 Å². The standard InChI is InChI=1S/C20H19N5O2S/c1-13(19(27)24-12-18(26)21-16-10-6-7-11-17(16)24)28-20-23-22-14(2)25(20)15-8-4-3-5-9-15/h3-11,13H,12H2,1-2H3,(H,21,26)/t13-/m1/s1. The predicted octanol–water partition coefficient (Wildman–Crippen LogP) is 3.04. The summed E-state index contributed by atoms with van der Waals surface area (Å²) in [5.41, 5.74) is 2.29. The topological polar surface area (TPSA) is 80.1 Å². The number of carbonyl (C=O) groups is 2. The molecule has 1 aliphatic rings. The number of amides is 2. The second-order valence-electron chi connectivity index (χ2n) is 6.45. The van der Waals surface area contributed by atoms with Gasteiger partial charge in [-0.25, -0.2) is 0 Å². The zero-order valence-corrected chi connectivity index (χ0v) is 16.3. The van der Waals surface area contributed by atoms with E-state index in [1.54, 1.807) is 6.07 Å². The quantitative estimate of drug-likeness (QED) is 0.689. The van der Waals surface area contributed by atoms with Crippen molar-refractivity contribution in [2.75, 3.05) is 16.8 Å². The predicted molar refractivity (Wildman–Crippen MR) is 109 cm³/mol. The van der Waals surface area contributed by atoms with E-state index in [1.165, 1.54) is 16.7 Å². The fraction of sp³-hybridized carbons (Fsp3) is 0.200. The van der Waals surface area contributed by atoms with Crippen molar-refractivity contribution in [2.24, 2.45) is 0 Å². The maximum atomic E-state index is 13.1. The Kier molecular flexibility index (Phi) is 4.87. The van der Waals surface area contributed by atoms with Crippen LogP contribution in [0, 0.1) is 6.92 Å². The van der Waals surface area contributed by atoms with Crippen LogP contribution in [0.4, 0.5) is 11.4 Å². The number of nitrogens with zero attached hydrogens (tertiary/aromatic N) is 4. The normalized spacial score (nSPS) is 14.4. The lowest BCUT2D eigenvalue weighted by atomic mass is 10.2. The summed E-state index contributed by atoms with van der Waals surface area (Å²) in [5.74, 6) is 0.399. The Morgan fingerprint density at radius 2 is 1.82 bits per heavy atom. The fourth-order valence-corrected chi connectivity index (χ4v) is 4.13. The zero-order chi connectivity index (χ0) is 19.7. The molecule has 2 heterocycles. The summed E-state index contributed by atoms with van der Waals surface area (Å²) >= 11 is 1.33. The average Bonchev–Trinajstić information content (AvgIpc) is 3.07. The van der Waals surface area contributed by atoms with E-state index in [-0.39, 0.29) is 18.4 Å². The van der Waals surface area contributed by atoms with Crippen molar-refractivity contribution in [1.82, 2.24) is 14.8 Å². The number of carbonyl (C=O) groups excluding carboxylic acids is 2. The maximum absolute atomic E-state index is 13.1. The molecule has 0 saturated heterocycles. The van der Waals surface area contributed by atoms with E-state index >= 15 is 0 Å². The van der Waals surface area contributed by atoms with E-state index in [2.05, 4.69) is 15.5 Å². The summed E-state index contributed by atoms with van der Waals surface area (Å²) in [4.78, 5) is 26.7. The molecule has 1 N–H and O–H groups in total. The van der Waals surface area contributed by atoms with Crippen LogP contribution in [0.3, 0.4) is 0 Å². The molecule has 4 rings (SSSR count). The van der Waals surface area contributed by atoms with E-state index in [9.17, 15) is 9.59 Å². The van der Waals surface area contributed by atoms with Crippen molar-refractivity contribution in [3.63, 3.8) is 0 Å². The third-order valence-electron chi connectivity index (χ3n) is 4.48. The Morgan fingerprint density at radius 3 is 2.61 bits per heavy atom. The van der Waals surface area contributed by atoms with Crippen LogP contribution >= 0.6 is 11.8 Å². The SMILES string of the molecule is Cc1nnc(S[C@H](C)C(=O)N2CC(=O)Nc3ccccc32)n1-c1ccccc1. The van der Waals surface area contributed by atoms with Crippen LogP contribution in [0.15, 0.2) is 59.8 Å².